The zero-order valence-electron chi connectivity index (χ0n) is 16.2. The highest BCUT2D eigenvalue weighted by molar-refractivity contribution is 5.89. The van der Waals surface area contributed by atoms with Crippen molar-refractivity contribution in [1.29, 1.82) is 0 Å². The first-order chi connectivity index (χ1) is 13.7. The minimum Gasteiger partial charge on any atom is -0.352 e. The smallest absolute Gasteiger partial charge is 0.225 e. The van der Waals surface area contributed by atoms with Gasteiger partial charge < -0.3 is 14.8 Å². The van der Waals surface area contributed by atoms with E-state index < -0.39 is 0 Å². The third-order valence-corrected chi connectivity index (χ3v) is 6.00. The molecule has 28 heavy (non-hydrogen) atoms. The number of hydrogen-bond acceptors (Lipinski definition) is 3. The second-order valence-electron chi connectivity index (χ2n) is 7.95. The Balaban J connectivity index is 1.30. The van der Waals surface area contributed by atoms with Gasteiger partial charge in [-0.15, -0.1) is 0 Å². The zero-order chi connectivity index (χ0) is 19.3. The largest absolute Gasteiger partial charge is 0.352 e. The lowest BCUT2D eigenvalue weighted by Crippen LogP contribution is -2.38. The lowest BCUT2D eigenvalue weighted by atomic mass is 10.1. The molecule has 2 amide bonds. The van der Waals surface area contributed by atoms with Crippen molar-refractivity contribution in [3.8, 4) is 5.69 Å². The molecule has 0 radical (unpaired) electrons. The highest BCUT2D eigenvalue weighted by Crippen LogP contribution is 2.28. The second kappa shape index (κ2) is 8.59. The van der Waals surface area contributed by atoms with Gasteiger partial charge in [-0.2, -0.15) is 0 Å². The molecule has 2 fully saturated rings. The molecule has 2 aliphatic rings. The topological polar surface area (TPSA) is 67.2 Å². The minimum atomic E-state index is -0.221. The summed E-state index contributed by atoms with van der Waals surface area (Å²) in [6.45, 7) is 1.06. The lowest BCUT2D eigenvalue weighted by Gasteiger charge is -2.27. The Morgan fingerprint density at radius 3 is 2.54 bits per heavy atom. The molecule has 1 saturated carbocycles. The van der Waals surface area contributed by atoms with E-state index in [-0.39, 0.29) is 17.7 Å². The van der Waals surface area contributed by atoms with Gasteiger partial charge in [-0.25, -0.2) is 4.98 Å². The first-order valence-corrected chi connectivity index (χ1v) is 10.3. The van der Waals surface area contributed by atoms with Crippen molar-refractivity contribution in [3.05, 3.63) is 48.5 Å². The highest BCUT2D eigenvalue weighted by Gasteiger charge is 2.37. The summed E-state index contributed by atoms with van der Waals surface area (Å²) in [5, 5.41) is 3.01. The van der Waals surface area contributed by atoms with Crippen LogP contribution in [0.4, 0.5) is 0 Å². The van der Waals surface area contributed by atoms with Crippen LogP contribution in [0.1, 0.15) is 50.5 Å². The van der Waals surface area contributed by atoms with E-state index in [1.165, 1.54) is 25.7 Å². The quantitative estimate of drug-likeness (QED) is 0.811. The van der Waals surface area contributed by atoms with Crippen LogP contribution in [-0.2, 0) is 16.1 Å². The molecular weight excluding hydrogens is 352 g/mol. The van der Waals surface area contributed by atoms with Crippen LogP contribution in [-0.4, -0.2) is 38.9 Å². The predicted octanol–water partition coefficient (Wildman–Crippen LogP) is 3.06. The Kier molecular flexibility index (Phi) is 5.74. The number of likely N-dealkylation sites (tertiary alicyclic amines) is 1. The van der Waals surface area contributed by atoms with Crippen molar-refractivity contribution in [2.75, 3.05) is 6.54 Å². The normalized spacial score (nSPS) is 20.9. The molecule has 1 N–H and O–H groups in total. The summed E-state index contributed by atoms with van der Waals surface area (Å²) in [6.07, 6.45) is 12.8. The molecule has 1 saturated heterocycles. The first kappa shape index (κ1) is 18.7. The maximum Gasteiger partial charge on any atom is 0.225 e. The average Bonchev–Trinajstić information content (AvgIpc) is 3.30. The number of aromatic nitrogens is 2. The number of hydrogen-bond donors (Lipinski definition) is 1. The molecule has 0 spiro atoms. The summed E-state index contributed by atoms with van der Waals surface area (Å²) in [7, 11) is 0. The molecule has 1 aliphatic heterocycles. The summed E-state index contributed by atoms with van der Waals surface area (Å²) >= 11 is 0. The van der Waals surface area contributed by atoms with E-state index in [4.69, 9.17) is 0 Å². The van der Waals surface area contributed by atoms with E-state index in [1.807, 2.05) is 39.9 Å². The summed E-state index contributed by atoms with van der Waals surface area (Å²) in [5.41, 5.74) is 2.08. The fourth-order valence-corrected chi connectivity index (χ4v) is 4.36. The predicted molar refractivity (Wildman–Crippen MR) is 107 cm³/mol. The number of nitrogens with one attached hydrogen (secondary N) is 1. The Bertz CT molecular complexity index is 792. The molecule has 1 aliphatic carbocycles. The standard InChI is InChI=1S/C22H28N4O2/c27-21-13-18(15-26(21)20-5-3-1-2-4-6-20)22(28)24-14-17-7-9-19(10-8-17)25-12-11-23-16-25/h7-12,16,18,20H,1-6,13-15H2,(H,24,28). The van der Waals surface area contributed by atoms with Crippen molar-refractivity contribution in [2.45, 2.75) is 57.5 Å². The van der Waals surface area contributed by atoms with Crippen molar-refractivity contribution >= 4 is 11.8 Å². The van der Waals surface area contributed by atoms with Crippen LogP contribution >= 0.6 is 0 Å². The van der Waals surface area contributed by atoms with Gasteiger partial charge in [-0.1, -0.05) is 37.8 Å². The molecule has 2 heterocycles. The molecule has 1 unspecified atom stereocenters. The van der Waals surface area contributed by atoms with Gasteiger partial charge in [0.2, 0.25) is 11.8 Å². The van der Waals surface area contributed by atoms with Gasteiger partial charge in [0, 0.05) is 43.6 Å². The maximum absolute atomic E-state index is 12.6. The average molecular weight is 380 g/mol. The summed E-state index contributed by atoms with van der Waals surface area (Å²) < 4.78 is 1.94. The Hall–Kier alpha value is -2.63. The second-order valence-corrected chi connectivity index (χ2v) is 7.95. The van der Waals surface area contributed by atoms with Crippen LogP contribution < -0.4 is 5.32 Å². The van der Waals surface area contributed by atoms with E-state index in [2.05, 4.69) is 10.3 Å². The fourth-order valence-electron chi connectivity index (χ4n) is 4.36. The van der Waals surface area contributed by atoms with Crippen molar-refractivity contribution in [1.82, 2.24) is 19.8 Å². The number of benzene rings is 1. The SMILES string of the molecule is O=C(NCc1ccc(-n2ccnc2)cc1)C1CC(=O)N(C2CCCCCC2)C1. The molecule has 2 aromatic rings. The van der Waals surface area contributed by atoms with Crippen molar-refractivity contribution in [2.24, 2.45) is 5.92 Å². The van der Waals surface area contributed by atoms with E-state index in [9.17, 15) is 9.59 Å². The third kappa shape index (κ3) is 4.26. The monoisotopic (exact) mass is 380 g/mol. The van der Waals surface area contributed by atoms with Gasteiger partial charge in [0.25, 0.3) is 0 Å². The zero-order valence-corrected chi connectivity index (χ0v) is 16.2. The number of carbonyl (C=O) groups is 2. The molecule has 4 rings (SSSR count). The first-order valence-electron chi connectivity index (χ1n) is 10.3. The lowest BCUT2D eigenvalue weighted by molar-refractivity contribution is -0.130. The minimum absolute atomic E-state index is 0.0110. The van der Waals surface area contributed by atoms with Gasteiger partial charge in [-0.3, -0.25) is 9.59 Å². The van der Waals surface area contributed by atoms with E-state index in [0.29, 0.717) is 25.6 Å². The molecule has 1 aromatic heterocycles. The molecular formula is C22H28N4O2. The van der Waals surface area contributed by atoms with Crippen LogP contribution in [0.15, 0.2) is 43.0 Å². The third-order valence-electron chi connectivity index (χ3n) is 6.00. The van der Waals surface area contributed by atoms with Crippen LogP contribution in [0.5, 0.6) is 0 Å². The van der Waals surface area contributed by atoms with Crippen molar-refractivity contribution < 1.29 is 9.59 Å². The van der Waals surface area contributed by atoms with Crippen LogP contribution in [0.2, 0.25) is 0 Å². The fraction of sp³-hybridized carbons (Fsp3) is 0.500. The number of imidazole rings is 1. The van der Waals surface area contributed by atoms with Gasteiger partial charge in [0.15, 0.2) is 0 Å². The van der Waals surface area contributed by atoms with Gasteiger partial charge in [0.1, 0.15) is 0 Å². The van der Waals surface area contributed by atoms with Gasteiger partial charge in [0.05, 0.1) is 12.2 Å². The van der Waals surface area contributed by atoms with Crippen LogP contribution in [0.3, 0.4) is 0 Å². The molecule has 1 atom stereocenters. The highest BCUT2D eigenvalue weighted by atomic mass is 16.2. The summed E-state index contributed by atoms with van der Waals surface area (Å²) in [6, 6.07) is 8.37. The molecule has 0 bridgehead atoms. The van der Waals surface area contributed by atoms with Crippen molar-refractivity contribution in [3.63, 3.8) is 0 Å². The Morgan fingerprint density at radius 1 is 1.11 bits per heavy atom. The molecule has 1 aromatic carbocycles. The Labute approximate surface area is 165 Å². The van der Waals surface area contributed by atoms with Gasteiger partial charge >= 0.3 is 0 Å². The van der Waals surface area contributed by atoms with E-state index >= 15 is 0 Å². The molecule has 6 nitrogen and oxygen atoms in total. The summed E-state index contributed by atoms with van der Waals surface area (Å²) in [5.74, 6) is -0.0825. The number of amides is 2. The number of nitrogens with zero attached hydrogens (tertiary/aromatic N) is 3. The van der Waals surface area contributed by atoms with Gasteiger partial charge in [-0.05, 0) is 30.5 Å². The summed E-state index contributed by atoms with van der Waals surface area (Å²) in [4.78, 5) is 31.1. The Morgan fingerprint density at radius 2 is 1.86 bits per heavy atom. The maximum atomic E-state index is 12.6. The van der Waals surface area contributed by atoms with Crippen LogP contribution in [0.25, 0.3) is 5.69 Å². The van der Waals surface area contributed by atoms with E-state index in [1.54, 1.807) is 12.5 Å². The number of carbonyl (C=O) groups excluding carboxylic acids is 2. The molecule has 6 heteroatoms. The molecule has 148 valence electrons. The van der Waals surface area contributed by atoms with E-state index in [0.717, 1.165) is 24.1 Å². The van der Waals surface area contributed by atoms with Crippen LogP contribution in [0, 0.1) is 5.92 Å². The number of rotatable bonds is 5.